The molecule has 0 aliphatic rings. The van der Waals surface area contributed by atoms with Crippen LogP contribution in [0.25, 0.3) is 22.4 Å². The highest BCUT2D eigenvalue weighted by atomic mass is 16.3. The van der Waals surface area contributed by atoms with Crippen molar-refractivity contribution in [3.63, 3.8) is 0 Å². The zero-order chi connectivity index (χ0) is 16.4. The number of para-hydroxylation sites is 2. The SMILES string of the molecule is Oc1ccc(N=Nc2ccccc2)cc1-c1nc2ccccc2[nH]1. The minimum absolute atomic E-state index is 0.146. The largest absolute Gasteiger partial charge is 0.507 e. The van der Waals surface area contributed by atoms with E-state index in [0.717, 1.165) is 16.7 Å². The molecule has 0 aliphatic carbocycles. The number of aromatic amines is 1. The first kappa shape index (κ1) is 14.1. The Bertz CT molecular complexity index is 989. The summed E-state index contributed by atoms with van der Waals surface area (Å²) in [6.45, 7) is 0. The zero-order valence-electron chi connectivity index (χ0n) is 12.7. The molecule has 5 heteroatoms. The number of H-pyrrole nitrogens is 1. The molecule has 0 saturated carbocycles. The molecule has 0 radical (unpaired) electrons. The summed E-state index contributed by atoms with van der Waals surface area (Å²) in [6, 6.07) is 22.3. The summed E-state index contributed by atoms with van der Waals surface area (Å²) in [7, 11) is 0. The number of imidazole rings is 1. The van der Waals surface area contributed by atoms with Crippen LogP contribution in [0, 0.1) is 0 Å². The van der Waals surface area contributed by atoms with E-state index >= 15 is 0 Å². The Labute approximate surface area is 138 Å². The smallest absolute Gasteiger partial charge is 0.142 e. The lowest BCUT2D eigenvalue weighted by Gasteiger charge is -2.02. The van der Waals surface area contributed by atoms with Gasteiger partial charge in [-0.15, -0.1) is 0 Å². The monoisotopic (exact) mass is 314 g/mol. The van der Waals surface area contributed by atoms with Crippen molar-refractivity contribution in [2.24, 2.45) is 10.2 Å². The number of azo groups is 1. The van der Waals surface area contributed by atoms with Crippen molar-refractivity contribution in [2.45, 2.75) is 0 Å². The molecule has 0 bridgehead atoms. The molecular formula is C19H14N4O. The summed E-state index contributed by atoms with van der Waals surface area (Å²) >= 11 is 0. The first-order chi connectivity index (χ1) is 11.8. The molecule has 3 aromatic carbocycles. The fourth-order valence-electron chi connectivity index (χ4n) is 2.47. The van der Waals surface area contributed by atoms with E-state index in [9.17, 15) is 5.11 Å². The molecule has 24 heavy (non-hydrogen) atoms. The maximum absolute atomic E-state index is 10.2. The normalized spacial score (nSPS) is 11.3. The number of hydrogen-bond donors (Lipinski definition) is 2. The highest BCUT2D eigenvalue weighted by Crippen LogP contribution is 2.32. The summed E-state index contributed by atoms with van der Waals surface area (Å²) in [5.41, 5.74) is 3.78. The third kappa shape index (κ3) is 2.75. The van der Waals surface area contributed by atoms with Crippen LogP contribution in [0.15, 0.2) is 83.0 Å². The van der Waals surface area contributed by atoms with Gasteiger partial charge in [-0.2, -0.15) is 10.2 Å². The number of nitrogens with zero attached hydrogens (tertiary/aromatic N) is 3. The van der Waals surface area contributed by atoms with Gasteiger partial charge in [-0.05, 0) is 42.5 Å². The number of phenolic OH excluding ortho intramolecular Hbond substituents is 1. The predicted molar refractivity (Wildman–Crippen MR) is 93.8 cm³/mol. The molecule has 0 spiro atoms. The molecule has 4 aromatic rings. The van der Waals surface area contributed by atoms with Crippen LogP contribution in [-0.2, 0) is 0 Å². The van der Waals surface area contributed by atoms with Crippen molar-refractivity contribution in [2.75, 3.05) is 0 Å². The summed E-state index contributed by atoms with van der Waals surface area (Å²) in [6.07, 6.45) is 0. The first-order valence-electron chi connectivity index (χ1n) is 7.54. The van der Waals surface area contributed by atoms with Crippen LogP contribution < -0.4 is 0 Å². The highest BCUT2D eigenvalue weighted by Gasteiger charge is 2.10. The molecule has 5 nitrogen and oxygen atoms in total. The van der Waals surface area contributed by atoms with Crippen molar-refractivity contribution in [3.8, 4) is 17.1 Å². The molecular weight excluding hydrogens is 300 g/mol. The third-order valence-electron chi connectivity index (χ3n) is 3.66. The fourth-order valence-corrected chi connectivity index (χ4v) is 2.47. The van der Waals surface area contributed by atoms with Crippen molar-refractivity contribution in [3.05, 3.63) is 72.8 Å². The second-order valence-electron chi connectivity index (χ2n) is 5.34. The van der Waals surface area contributed by atoms with E-state index in [1.165, 1.54) is 0 Å². The number of aromatic hydroxyl groups is 1. The van der Waals surface area contributed by atoms with Crippen LogP contribution >= 0.6 is 0 Å². The van der Waals surface area contributed by atoms with Crippen LogP contribution in [0.3, 0.4) is 0 Å². The van der Waals surface area contributed by atoms with E-state index in [-0.39, 0.29) is 5.75 Å². The quantitative estimate of drug-likeness (QED) is 0.500. The average Bonchev–Trinajstić information content (AvgIpc) is 3.06. The van der Waals surface area contributed by atoms with E-state index in [1.807, 2.05) is 54.6 Å². The second-order valence-corrected chi connectivity index (χ2v) is 5.34. The van der Waals surface area contributed by atoms with Crippen LogP contribution in [0.1, 0.15) is 0 Å². The number of aromatic nitrogens is 2. The molecule has 2 N–H and O–H groups in total. The number of hydrogen-bond acceptors (Lipinski definition) is 4. The van der Waals surface area contributed by atoms with E-state index < -0.39 is 0 Å². The number of phenols is 1. The van der Waals surface area contributed by atoms with Crippen LogP contribution in [0.2, 0.25) is 0 Å². The lowest BCUT2D eigenvalue weighted by Crippen LogP contribution is -1.81. The predicted octanol–water partition coefficient (Wildman–Crippen LogP) is 5.35. The zero-order valence-corrected chi connectivity index (χ0v) is 12.7. The maximum Gasteiger partial charge on any atom is 0.142 e. The van der Waals surface area contributed by atoms with Crippen LogP contribution in [0.5, 0.6) is 5.75 Å². The van der Waals surface area contributed by atoms with Crippen LogP contribution in [-0.4, -0.2) is 15.1 Å². The third-order valence-corrected chi connectivity index (χ3v) is 3.66. The Morgan fingerprint density at radius 2 is 1.54 bits per heavy atom. The molecule has 0 fully saturated rings. The van der Waals surface area contributed by atoms with Crippen molar-refractivity contribution < 1.29 is 5.11 Å². The van der Waals surface area contributed by atoms with Gasteiger partial charge in [0, 0.05) is 0 Å². The van der Waals surface area contributed by atoms with Gasteiger partial charge in [0.05, 0.1) is 28.0 Å². The molecule has 0 saturated heterocycles. The van der Waals surface area contributed by atoms with E-state index in [2.05, 4.69) is 20.2 Å². The summed E-state index contributed by atoms with van der Waals surface area (Å²) in [4.78, 5) is 7.73. The van der Waals surface area contributed by atoms with Gasteiger partial charge in [0.1, 0.15) is 11.6 Å². The number of fused-ring (bicyclic) bond motifs is 1. The maximum atomic E-state index is 10.2. The molecule has 0 aliphatic heterocycles. The van der Waals surface area contributed by atoms with Gasteiger partial charge < -0.3 is 10.1 Å². The van der Waals surface area contributed by atoms with Gasteiger partial charge in [0.25, 0.3) is 0 Å². The van der Waals surface area contributed by atoms with Gasteiger partial charge in [0.15, 0.2) is 0 Å². The van der Waals surface area contributed by atoms with Crippen LogP contribution in [0.4, 0.5) is 11.4 Å². The van der Waals surface area contributed by atoms with Gasteiger partial charge in [0.2, 0.25) is 0 Å². The molecule has 116 valence electrons. The van der Waals surface area contributed by atoms with Crippen molar-refractivity contribution >= 4 is 22.4 Å². The van der Waals surface area contributed by atoms with Gasteiger partial charge in [-0.1, -0.05) is 30.3 Å². The van der Waals surface area contributed by atoms with Crippen molar-refractivity contribution in [1.82, 2.24) is 9.97 Å². The Morgan fingerprint density at radius 3 is 2.38 bits per heavy atom. The molecule has 0 unspecified atom stereocenters. The number of nitrogens with one attached hydrogen (secondary N) is 1. The van der Waals surface area contributed by atoms with Crippen molar-refractivity contribution in [1.29, 1.82) is 0 Å². The first-order valence-corrected chi connectivity index (χ1v) is 7.54. The summed E-state index contributed by atoms with van der Waals surface area (Å²) < 4.78 is 0. The standard InChI is InChI=1S/C19H14N4O/c24-18-11-10-14(23-22-13-6-2-1-3-7-13)12-15(18)19-20-16-8-4-5-9-17(16)21-19/h1-12,24H,(H,20,21). The Kier molecular flexibility index (Phi) is 3.51. The molecule has 1 aromatic heterocycles. The van der Waals surface area contributed by atoms with E-state index in [4.69, 9.17) is 0 Å². The lowest BCUT2D eigenvalue weighted by atomic mass is 10.1. The highest BCUT2D eigenvalue weighted by molar-refractivity contribution is 5.81. The molecule has 0 atom stereocenters. The minimum atomic E-state index is 0.146. The molecule has 0 amide bonds. The Hall–Kier alpha value is -3.47. The fraction of sp³-hybridized carbons (Fsp3) is 0. The van der Waals surface area contributed by atoms with Gasteiger partial charge in [-0.25, -0.2) is 4.98 Å². The van der Waals surface area contributed by atoms with Gasteiger partial charge in [-0.3, -0.25) is 0 Å². The average molecular weight is 314 g/mol. The summed E-state index contributed by atoms with van der Waals surface area (Å²) in [5, 5.41) is 18.6. The van der Waals surface area contributed by atoms with Gasteiger partial charge >= 0.3 is 0 Å². The topological polar surface area (TPSA) is 73.6 Å². The lowest BCUT2D eigenvalue weighted by molar-refractivity contribution is 0.477. The van der Waals surface area contributed by atoms with E-state index in [1.54, 1.807) is 18.2 Å². The Balaban J connectivity index is 1.72. The number of benzene rings is 3. The minimum Gasteiger partial charge on any atom is -0.507 e. The molecule has 1 heterocycles. The molecule has 4 rings (SSSR count). The Morgan fingerprint density at radius 1 is 0.792 bits per heavy atom. The summed E-state index contributed by atoms with van der Waals surface area (Å²) in [5.74, 6) is 0.748. The second kappa shape index (κ2) is 5.96. The van der Waals surface area contributed by atoms with E-state index in [0.29, 0.717) is 17.1 Å². The number of rotatable bonds is 3.